The molecule has 0 unspecified atom stereocenters. The lowest BCUT2D eigenvalue weighted by Gasteiger charge is -2.35. The molecule has 0 bridgehead atoms. The molecule has 1 saturated heterocycles. The fourth-order valence-electron chi connectivity index (χ4n) is 4.32. The van der Waals surface area contributed by atoms with Crippen LogP contribution < -0.4 is 4.90 Å². The molecular weight excluding hydrogens is 436 g/mol. The van der Waals surface area contributed by atoms with Gasteiger partial charge in [-0.05, 0) is 36.2 Å². The number of pyridine rings is 1. The molecule has 7 nitrogen and oxygen atoms in total. The average molecular weight is 463 g/mol. The number of benzene rings is 2. The van der Waals surface area contributed by atoms with Gasteiger partial charge in [0.25, 0.3) is 5.91 Å². The van der Waals surface area contributed by atoms with Crippen LogP contribution in [0.2, 0.25) is 0 Å². The van der Waals surface area contributed by atoms with Crippen molar-refractivity contribution in [2.45, 2.75) is 13.3 Å². The summed E-state index contributed by atoms with van der Waals surface area (Å²) in [6, 6.07) is 23.7. The molecule has 4 aromatic rings. The first kappa shape index (κ1) is 22.4. The Balaban J connectivity index is 1.41. The topological polar surface area (TPSA) is 78.0 Å². The highest BCUT2D eigenvalue weighted by atomic mass is 16.2. The molecule has 0 radical (unpaired) electrons. The number of hydrogen-bond acceptors (Lipinski definition) is 5. The van der Waals surface area contributed by atoms with Crippen LogP contribution in [0.3, 0.4) is 0 Å². The predicted octanol–water partition coefficient (Wildman–Crippen LogP) is 4.33. The second kappa shape index (κ2) is 9.82. The molecule has 0 N–H and O–H groups in total. The Morgan fingerprint density at radius 1 is 1.00 bits per heavy atom. The molecule has 0 atom stereocenters. The van der Waals surface area contributed by atoms with E-state index >= 15 is 0 Å². The molecule has 1 aliphatic rings. The lowest BCUT2D eigenvalue weighted by Crippen LogP contribution is -2.49. The van der Waals surface area contributed by atoms with E-state index in [9.17, 15) is 10.1 Å². The Bertz CT molecular complexity index is 1360. The molecule has 174 valence electrons. The third-order valence-corrected chi connectivity index (χ3v) is 6.37. The van der Waals surface area contributed by atoms with Gasteiger partial charge < -0.3 is 9.80 Å². The predicted molar refractivity (Wildman–Crippen MR) is 135 cm³/mol. The summed E-state index contributed by atoms with van der Waals surface area (Å²) in [6.45, 7) is 4.58. The van der Waals surface area contributed by atoms with E-state index in [0.717, 1.165) is 23.5 Å². The van der Waals surface area contributed by atoms with Crippen LogP contribution in [0.5, 0.6) is 0 Å². The third kappa shape index (κ3) is 4.64. The van der Waals surface area contributed by atoms with Crippen molar-refractivity contribution in [1.29, 1.82) is 5.26 Å². The lowest BCUT2D eigenvalue weighted by molar-refractivity contribution is 0.0747. The zero-order valence-electron chi connectivity index (χ0n) is 19.6. The van der Waals surface area contributed by atoms with Crippen LogP contribution in [-0.2, 0) is 6.42 Å². The van der Waals surface area contributed by atoms with E-state index in [1.807, 2.05) is 53.6 Å². The van der Waals surface area contributed by atoms with Crippen LogP contribution in [0, 0.1) is 11.3 Å². The fraction of sp³-hybridized carbons (Fsp3) is 0.214. The van der Waals surface area contributed by atoms with E-state index in [0.29, 0.717) is 43.0 Å². The molecule has 2 aromatic heterocycles. The van der Waals surface area contributed by atoms with Crippen molar-refractivity contribution in [2.75, 3.05) is 31.1 Å². The molecule has 1 fully saturated rings. The van der Waals surface area contributed by atoms with Gasteiger partial charge in [-0.1, -0.05) is 49.4 Å². The quantitative estimate of drug-likeness (QED) is 0.441. The highest BCUT2D eigenvalue weighted by molar-refractivity contribution is 6.00. The number of aromatic nitrogens is 3. The number of para-hydroxylation sites is 1. The van der Waals surface area contributed by atoms with E-state index in [1.54, 1.807) is 23.0 Å². The second-order valence-electron chi connectivity index (χ2n) is 8.52. The van der Waals surface area contributed by atoms with Crippen molar-refractivity contribution in [3.63, 3.8) is 0 Å². The van der Waals surface area contributed by atoms with Crippen molar-refractivity contribution in [2.24, 2.45) is 0 Å². The zero-order valence-corrected chi connectivity index (χ0v) is 19.6. The minimum absolute atomic E-state index is 0.0277. The molecule has 0 aliphatic carbocycles. The Labute approximate surface area is 204 Å². The number of amides is 1. The zero-order chi connectivity index (χ0) is 24.2. The van der Waals surface area contributed by atoms with Crippen molar-refractivity contribution in [3.8, 4) is 23.0 Å². The van der Waals surface area contributed by atoms with Crippen LogP contribution in [0.1, 0.15) is 28.4 Å². The second-order valence-corrected chi connectivity index (χ2v) is 8.52. The van der Waals surface area contributed by atoms with Crippen molar-refractivity contribution < 1.29 is 4.79 Å². The van der Waals surface area contributed by atoms with E-state index in [-0.39, 0.29) is 5.91 Å². The molecule has 3 heterocycles. The van der Waals surface area contributed by atoms with Crippen LogP contribution in [0.4, 0.5) is 5.82 Å². The summed E-state index contributed by atoms with van der Waals surface area (Å²) in [4.78, 5) is 22.1. The van der Waals surface area contributed by atoms with Crippen LogP contribution in [0.25, 0.3) is 16.9 Å². The van der Waals surface area contributed by atoms with E-state index in [2.05, 4.69) is 35.0 Å². The van der Waals surface area contributed by atoms with Crippen LogP contribution in [0.15, 0.2) is 79.1 Å². The van der Waals surface area contributed by atoms with Gasteiger partial charge in [-0.15, -0.1) is 0 Å². The van der Waals surface area contributed by atoms with Gasteiger partial charge in [0.05, 0.1) is 22.9 Å². The maximum absolute atomic E-state index is 13.7. The molecule has 35 heavy (non-hydrogen) atoms. The number of carbonyl (C=O) groups excluding carboxylic acids is 1. The summed E-state index contributed by atoms with van der Waals surface area (Å²) in [5.41, 5.74) is 4.95. The summed E-state index contributed by atoms with van der Waals surface area (Å²) < 4.78 is 1.78. The normalized spacial score (nSPS) is 13.5. The fourth-order valence-corrected chi connectivity index (χ4v) is 4.32. The van der Waals surface area contributed by atoms with Crippen molar-refractivity contribution in [1.82, 2.24) is 19.7 Å². The first-order chi connectivity index (χ1) is 17.2. The molecule has 7 heteroatoms. The Hall–Kier alpha value is -4.44. The summed E-state index contributed by atoms with van der Waals surface area (Å²) in [5.74, 6) is 0.741. The molecule has 0 spiro atoms. The molecule has 5 rings (SSSR count). The largest absolute Gasteiger partial charge is 0.353 e. The molecule has 1 amide bonds. The number of piperazine rings is 1. The smallest absolute Gasteiger partial charge is 0.257 e. The Morgan fingerprint density at radius 3 is 2.43 bits per heavy atom. The summed E-state index contributed by atoms with van der Waals surface area (Å²) in [7, 11) is 0. The van der Waals surface area contributed by atoms with Gasteiger partial charge >= 0.3 is 0 Å². The summed E-state index contributed by atoms with van der Waals surface area (Å²) >= 11 is 0. The number of anilines is 1. The molecule has 0 saturated carbocycles. The molecule has 1 aliphatic heterocycles. The molecular formula is C28H26N6O. The Kier molecular flexibility index (Phi) is 6.27. The van der Waals surface area contributed by atoms with Gasteiger partial charge in [0, 0.05) is 44.1 Å². The average Bonchev–Trinajstić information content (AvgIpc) is 3.39. The van der Waals surface area contributed by atoms with Gasteiger partial charge in [0.15, 0.2) is 0 Å². The minimum Gasteiger partial charge on any atom is -0.353 e. The Morgan fingerprint density at radius 2 is 1.74 bits per heavy atom. The van der Waals surface area contributed by atoms with Gasteiger partial charge in [-0.3, -0.25) is 4.79 Å². The number of hydrogen-bond donors (Lipinski definition) is 0. The van der Waals surface area contributed by atoms with Gasteiger partial charge in [0.1, 0.15) is 11.5 Å². The monoisotopic (exact) mass is 462 g/mol. The van der Waals surface area contributed by atoms with Gasteiger partial charge in [-0.25, -0.2) is 9.67 Å². The standard InChI is InChI=1S/C28H26N6O/c1-2-21-8-10-23(11-9-21)27-25(20-34(31-27)24-6-4-3-5-7-24)28(35)33-16-14-32(15-17-33)26-18-22(19-29)12-13-30-26/h3-13,18,20H,2,14-17H2,1H3. The maximum atomic E-state index is 13.7. The summed E-state index contributed by atoms with van der Waals surface area (Å²) in [6.07, 6.45) is 4.45. The highest BCUT2D eigenvalue weighted by Gasteiger charge is 2.27. The first-order valence-corrected chi connectivity index (χ1v) is 11.8. The maximum Gasteiger partial charge on any atom is 0.257 e. The van der Waals surface area contributed by atoms with E-state index in [4.69, 9.17) is 5.10 Å². The number of aryl methyl sites for hydroxylation is 1. The van der Waals surface area contributed by atoms with Crippen LogP contribution >= 0.6 is 0 Å². The number of carbonyl (C=O) groups is 1. The molecule has 2 aromatic carbocycles. The minimum atomic E-state index is -0.0277. The number of rotatable bonds is 5. The van der Waals surface area contributed by atoms with Gasteiger partial charge in [0.2, 0.25) is 0 Å². The van der Waals surface area contributed by atoms with Crippen molar-refractivity contribution in [3.05, 3.63) is 95.8 Å². The summed E-state index contributed by atoms with van der Waals surface area (Å²) in [5, 5.41) is 14.0. The third-order valence-electron chi connectivity index (χ3n) is 6.37. The number of nitriles is 1. The first-order valence-electron chi connectivity index (χ1n) is 11.8. The highest BCUT2D eigenvalue weighted by Crippen LogP contribution is 2.26. The SMILES string of the molecule is CCc1ccc(-c2nn(-c3ccccc3)cc2C(=O)N2CCN(c3cc(C#N)ccn3)CC2)cc1. The van der Waals surface area contributed by atoms with E-state index in [1.165, 1.54) is 5.56 Å². The van der Waals surface area contributed by atoms with Gasteiger partial charge in [-0.2, -0.15) is 10.4 Å². The van der Waals surface area contributed by atoms with E-state index < -0.39 is 0 Å². The number of nitrogens with zero attached hydrogens (tertiary/aromatic N) is 6. The lowest BCUT2D eigenvalue weighted by atomic mass is 10.0. The van der Waals surface area contributed by atoms with Crippen LogP contribution in [-0.4, -0.2) is 51.8 Å². The van der Waals surface area contributed by atoms with Crippen molar-refractivity contribution >= 4 is 11.7 Å².